The molecule has 0 aliphatic heterocycles. The van der Waals surface area contributed by atoms with Crippen molar-refractivity contribution in [3.05, 3.63) is 28.8 Å². The molecular weight excluding hydrogens is 444 g/mol. The van der Waals surface area contributed by atoms with Gasteiger partial charge in [0.2, 0.25) is 0 Å². The summed E-state index contributed by atoms with van der Waals surface area (Å²) >= 11 is 1.17. The number of benzene rings is 1. The molecule has 10 heteroatoms. The van der Waals surface area contributed by atoms with Crippen LogP contribution in [0.2, 0.25) is 0 Å². The topological polar surface area (TPSA) is 102 Å². The third kappa shape index (κ3) is 7.06. The number of aromatic nitrogens is 1. The summed E-state index contributed by atoms with van der Waals surface area (Å²) in [4.78, 5) is 31.9. The summed E-state index contributed by atoms with van der Waals surface area (Å²) in [5.41, 5.74) is 0.523. The zero-order valence-electron chi connectivity index (χ0n) is 20.4. The van der Waals surface area contributed by atoms with Crippen LogP contribution in [0.1, 0.15) is 55.0 Å². The van der Waals surface area contributed by atoms with Crippen LogP contribution in [0, 0.1) is 0 Å². The molecule has 2 N–H and O–H groups in total. The molecule has 0 saturated heterocycles. The zero-order chi connectivity index (χ0) is 24.5. The van der Waals surface area contributed by atoms with Crippen molar-refractivity contribution in [1.29, 1.82) is 0 Å². The average Bonchev–Trinajstić information content (AvgIpc) is 3.25. The monoisotopic (exact) mass is 478 g/mol. The molecule has 0 atom stereocenters. The highest BCUT2D eigenvalue weighted by Crippen LogP contribution is 2.35. The predicted octanol–water partition coefficient (Wildman–Crippen LogP) is 3.66. The van der Waals surface area contributed by atoms with Crippen LogP contribution in [0.3, 0.4) is 0 Å². The number of hydrogen-bond acceptors (Lipinski definition) is 8. The van der Waals surface area contributed by atoms with Crippen molar-refractivity contribution in [3.63, 3.8) is 0 Å². The van der Waals surface area contributed by atoms with Crippen molar-refractivity contribution in [2.24, 2.45) is 0 Å². The van der Waals surface area contributed by atoms with E-state index < -0.39 is 5.91 Å². The number of nitrogens with one attached hydrogen (secondary N) is 2. The Morgan fingerprint density at radius 2 is 1.58 bits per heavy atom. The highest BCUT2D eigenvalue weighted by atomic mass is 32.1. The molecule has 0 radical (unpaired) electrons. The third-order valence-electron chi connectivity index (χ3n) is 5.11. The number of nitrogens with zero attached hydrogens (tertiary/aromatic N) is 2. The molecule has 0 saturated carbocycles. The van der Waals surface area contributed by atoms with Gasteiger partial charge in [-0.15, -0.1) is 11.3 Å². The van der Waals surface area contributed by atoms with Gasteiger partial charge in [0.05, 0.1) is 26.9 Å². The molecule has 1 aromatic heterocycles. The van der Waals surface area contributed by atoms with E-state index in [9.17, 15) is 9.59 Å². The molecule has 182 valence electrons. The second-order valence-corrected chi connectivity index (χ2v) is 8.79. The van der Waals surface area contributed by atoms with E-state index in [0.29, 0.717) is 41.0 Å². The summed E-state index contributed by atoms with van der Waals surface area (Å²) in [6, 6.07) is 4.02. The van der Waals surface area contributed by atoms with Crippen molar-refractivity contribution in [2.45, 2.75) is 46.2 Å². The van der Waals surface area contributed by atoms with Crippen LogP contribution in [0.15, 0.2) is 17.5 Å². The molecule has 0 aliphatic rings. The van der Waals surface area contributed by atoms with Crippen molar-refractivity contribution in [2.75, 3.05) is 39.7 Å². The average molecular weight is 479 g/mol. The van der Waals surface area contributed by atoms with Crippen LogP contribution in [-0.2, 0) is 0 Å². The van der Waals surface area contributed by atoms with Crippen LogP contribution in [0.25, 0.3) is 0 Å². The van der Waals surface area contributed by atoms with Gasteiger partial charge in [-0.1, -0.05) is 0 Å². The Morgan fingerprint density at radius 1 is 0.970 bits per heavy atom. The van der Waals surface area contributed by atoms with Gasteiger partial charge in [0, 0.05) is 42.7 Å². The Kier molecular flexibility index (Phi) is 9.93. The number of anilines is 1. The van der Waals surface area contributed by atoms with E-state index in [4.69, 9.17) is 14.2 Å². The Labute approximate surface area is 199 Å². The van der Waals surface area contributed by atoms with Gasteiger partial charge < -0.3 is 19.5 Å². The minimum Gasteiger partial charge on any atom is -0.496 e. The Morgan fingerprint density at radius 3 is 2.15 bits per heavy atom. The van der Waals surface area contributed by atoms with Crippen molar-refractivity contribution >= 4 is 28.3 Å². The van der Waals surface area contributed by atoms with Gasteiger partial charge in [-0.3, -0.25) is 19.8 Å². The van der Waals surface area contributed by atoms with E-state index >= 15 is 0 Å². The lowest BCUT2D eigenvalue weighted by Gasteiger charge is -2.30. The number of carbonyl (C=O) groups is 2. The maximum absolute atomic E-state index is 12.8. The van der Waals surface area contributed by atoms with E-state index in [0.717, 1.165) is 13.0 Å². The van der Waals surface area contributed by atoms with Crippen LogP contribution < -0.4 is 24.8 Å². The smallest absolute Gasteiger partial charge is 0.270 e. The fourth-order valence-corrected chi connectivity index (χ4v) is 4.16. The van der Waals surface area contributed by atoms with Gasteiger partial charge in [0.1, 0.15) is 11.4 Å². The minimum absolute atomic E-state index is 0.260. The molecule has 33 heavy (non-hydrogen) atoms. The van der Waals surface area contributed by atoms with Gasteiger partial charge in [0.15, 0.2) is 16.6 Å². The predicted molar refractivity (Wildman–Crippen MR) is 130 cm³/mol. The van der Waals surface area contributed by atoms with Crippen LogP contribution in [-0.4, -0.2) is 68.2 Å². The van der Waals surface area contributed by atoms with Gasteiger partial charge in [-0.2, -0.15) is 0 Å². The number of carbonyl (C=O) groups excluding carboxylic acids is 2. The largest absolute Gasteiger partial charge is 0.496 e. The molecule has 2 amide bonds. The van der Waals surface area contributed by atoms with E-state index in [1.807, 2.05) is 0 Å². The lowest BCUT2D eigenvalue weighted by molar-refractivity contribution is 0.0943. The van der Waals surface area contributed by atoms with Crippen molar-refractivity contribution < 1.29 is 23.8 Å². The van der Waals surface area contributed by atoms with E-state index in [1.54, 1.807) is 11.4 Å². The molecule has 2 aromatic rings. The standard InChI is InChI=1S/C23H34N4O5S/c1-14(2)27(15(3)4)10-8-9-24-22(29)17-13-33-23(25-17)26-21(28)16-11-19(31-6)20(32-7)12-18(16)30-5/h11-15H,8-10H2,1-7H3,(H,24,29)(H,25,26,28). The number of methoxy groups -OCH3 is 3. The van der Waals surface area contributed by atoms with Gasteiger partial charge in [0.25, 0.3) is 11.8 Å². The molecule has 0 bridgehead atoms. The van der Waals surface area contributed by atoms with Gasteiger partial charge >= 0.3 is 0 Å². The molecule has 1 heterocycles. The Balaban J connectivity index is 1.97. The molecule has 2 rings (SSSR count). The van der Waals surface area contributed by atoms with E-state index in [2.05, 4.69) is 48.2 Å². The lowest BCUT2D eigenvalue weighted by Crippen LogP contribution is -2.39. The molecule has 9 nitrogen and oxygen atoms in total. The second-order valence-electron chi connectivity index (χ2n) is 7.93. The molecule has 1 aromatic carbocycles. The van der Waals surface area contributed by atoms with Gasteiger partial charge in [-0.25, -0.2) is 4.98 Å². The molecule has 0 aliphatic carbocycles. The number of amides is 2. The molecule has 0 fully saturated rings. The maximum atomic E-state index is 12.8. The Bertz CT molecular complexity index is 937. The number of thiazole rings is 1. The summed E-state index contributed by atoms with van der Waals surface area (Å²) in [6.07, 6.45) is 0.842. The first-order chi connectivity index (χ1) is 15.7. The first-order valence-corrected chi connectivity index (χ1v) is 11.7. The summed E-state index contributed by atoms with van der Waals surface area (Å²) in [5, 5.41) is 7.53. The quantitative estimate of drug-likeness (QED) is 0.449. The number of rotatable bonds is 12. The first kappa shape index (κ1) is 26.4. The highest BCUT2D eigenvalue weighted by molar-refractivity contribution is 7.14. The SMILES string of the molecule is COc1cc(OC)c(C(=O)Nc2nc(C(=O)NCCCN(C(C)C)C(C)C)cs2)cc1OC. The van der Waals surface area contributed by atoms with Crippen LogP contribution in [0.5, 0.6) is 17.2 Å². The fraction of sp³-hybridized carbons (Fsp3) is 0.522. The third-order valence-corrected chi connectivity index (χ3v) is 5.87. The maximum Gasteiger partial charge on any atom is 0.270 e. The van der Waals surface area contributed by atoms with Crippen LogP contribution >= 0.6 is 11.3 Å². The van der Waals surface area contributed by atoms with Crippen molar-refractivity contribution in [1.82, 2.24) is 15.2 Å². The fourth-order valence-electron chi connectivity index (χ4n) is 3.47. The second kappa shape index (κ2) is 12.4. The molecule has 0 spiro atoms. The van der Waals surface area contributed by atoms with Crippen molar-refractivity contribution in [3.8, 4) is 17.2 Å². The zero-order valence-corrected chi connectivity index (χ0v) is 21.2. The molecule has 0 unspecified atom stereocenters. The van der Waals surface area contributed by atoms with Crippen LogP contribution in [0.4, 0.5) is 5.13 Å². The lowest BCUT2D eigenvalue weighted by atomic mass is 10.1. The van der Waals surface area contributed by atoms with Gasteiger partial charge in [-0.05, 0) is 34.1 Å². The van der Waals surface area contributed by atoms with E-state index in [1.165, 1.54) is 38.7 Å². The normalized spacial score (nSPS) is 11.1. The first-order valence-electron chi connectivity index (χ1n) is 10.8. The molecular formula is C23H34N4O5S. The summed E-state index contributed by atoms with van der Waals surface area (Å²) in [7, 11) is 4.45. The summed E-state index contributed by atoms with van der Waals surface area (Å²) in [6.45, 7) is 10.1. The van der Waals surface area contributed by atoms with E-state index in [-0.39, 0.29) is 17.2 Å². The summed E-state index contributed by atoms with van der Waals surface area (Å²) in [5.74, 6) is 0.476. The minimum atomic E-state index is -0.434. The number of ether oxygens (including phenoxy) is 3. The number of hydrogen-bond donors (Lipinski definition) is 2. The highest BCUT2D eigenvalue weighted by Gasteiger charge is 2.20. The summed E-state index contributed by atoms with van der Waals surface area (Å²) < 4.78 is 15.8. The Hall–Kier alpha value is -2.85.